The minimum atomic E-state index is -1.05. The highest BCUT2D eigenvalue weighted by Crippen LogP contribution is 2.14. The van der Waals surface area contributed by atoms with E-state index in [1.165, 1.54) is 6.08 Å². The Bertz CT molecular complexity index is 513. The number of rotatable bonds is 13. The Hall–Kier alpha value is -1.93. The molecule has 0 aliphatic carbocycles. The zero-order valence-electron chi connectivity index (χ0n) is 14.8. The van der Waals surface area contributed by atoms with E-state index in [1.807, 2.05) is 31.2 Å². The van der Waals surface area contributed by atoms with Gasteiger partial charge in [0, 0.05) is 13.2 Å². The Balaban J connectivity index is 2.51. The van der Waals surface area contributed by atoms with Crippen LogP contribution in [0.3, 0.4) is 0 Å². The highest BCUT2D eigenvalue weighted by atomic mass is 16.7. The number of aliphatic carboxylic acids is 1. The Morgan fingerprint density at radius 2 is 1.88 bits per heavy atom. The molecule has 0 spiro atoms. The van der Waals surface area contributed by atoms with Crippen molar-refractivity contribution in [2.75, 3.05) is 34.2 Å². The lowest BCUT2D eigenvalue weighted by molar-refractivity contribution is -0.132. The standard InChI is InChI=1S/C18H26O7/c1-14(24-12-15-4-6-16(22-3)7-5-15)17(8-9-18(19)20)25-13-23-11-10-21-2/h4-9,14,17H,10-13H2,1-3H3,(H,19,20)/b9-8+/t14-,17+/m1/s1. The number of hydrogen-bond acceptors (Lipinski definition) is 6. The van der Waals surface area contributed by atoms with Crippen LogP contribution in [0.5, 0.6) is 5.75 Å². The zero-order chi connectivity index (χ0) is 18.5. The number of benzene rings is 1. The third-order valence-corrected chi connectivity index (χ3v) is 3.34. The van der Waals surface area contributed by atoms with Gasteiger partial charge in [0.15, 0.2) is 0 Å². The molecule has 0 saturated heterocycles. The van der Waals surface area contributed by atoms with E-state index >= 15 is 0 Å². The van der Waals surface area contributed by atoms with E-state index in [-0.39, 0.29) is 12.9 Å². The second-order valence-corrected chi connectivity index (χ2v) is 5.21. The van der Waals surface area contributed by atoms with Crippen molar-refractivity contribution < 1.29 is 33.6 Å². The average Bonchev–Trinajstić information content (AvgIpc) is 2.62. The number of methoxy groups -OCH3 is 2. The molecular formula is C18H26O7. The van der Waals surface area contributed by atoms with Crippen LogP contribution in [-0.2, 0) is 30.3 Å². The molecule has 2 atom stereocenters. The number of hydrogen-bond donors (Lipinski definition) is 1. The monoisotopic (exact) mass is 354 g/mol. The van der Waals surface area contributed by atoms with E-state index in [9.17, 15) is 4.79 Å². The van der Waals surface area contributed by atoms with E-state index < -0.39 is 12.1 Å². The molecule has 0 aliphatic rings. The molecule has 1 N–H and O–H groups in total. The van der Waals surface area contributed by atoms with E-state index in [4.69, 9.17) is 28.8 Å². The summed E-state index contributed by atoms with van der Waals surface area (Å²) in [5.74, 6) is -0.271. The predicted molar refractivity (Wildman–Crippen MR) is 91.6 cm³/mol. The van der Waals surface area contributed by atoms with Gasteiger partial charge in [0.1, 0.15) is 18.6 Å². The SMILES string of the molecule is COCCOCO[C@@H](/C=C/C(=O)O)[C@@H](C)OCc1ccc(OC)cc1. The highest BCUT2D eigenvalue weighted by molar-refractivity contribution is 5.79. The summed E-state index contributed by atoms with van der Waals surface area (Å²) >= 11 is 0. The summed E-state index contributed by atoms with van der Waals surface area (Å²) in [6.45, 7) is 3.07. The number of ether oxygens (including phenoxy) is 5. The van der Waals surface area contributed by atoms with Crippen LogP contribution in [0.4, 0.5) is 0 Å². The lowest BCUT2D eigenvalue weighted by Crippen LogP contribution is -2.28. The second kappa shape index (κ2) is 12.4. The molecule has 0 saturated carbocycles. The first kappa shape index (κ1) is 21.1. The molecule has 0 radical (unpaired) electrons. The molecule has 1 aromatic carbocycles. The fourth-order valence-corrected chi connectivity index (χ4v) is 1.90. The topological polar surface area (TPSA) is 83.5 Å². The Labute approximate surface area is 148 Å². The Morgan fingerprint density at radius 3 is 2.48 bits per heavy atom. The molecule has 140 valence electrons. The lowest BCUT2D eigenvalue weighted by Gasteiger charge is -2.22. The molecule has 0 bridgehead atoms. The summed E-state index contributed by atoms with van der Waals surface area (Å²) in [5, 5.41) is 8.80. The smallest absolute Gasteiger partial charge is 0.328 e. The van der Waals surface area contributed by atoms with Gasteiger partial charge in [0.25, 0.3) is 0 Å². The maximum atomic E-state index is 10.7. The summed E-state index contributed by atoms with van der Waals surface area (Å²) in [6.07, 6.45) is 1.58. The summed E-state index contributed by atoms with van der Waals surface area (Å²) < 4.78 is 26.6. The number of carbonyl (C=O) groups is 1. The molecule has 0 heterocycles. The van der Waals surface area contributed by atoms with E-state index in [1.54, 1.807) is 14.2 Å². The second-order valence-electron chi connectivity index (χ2n) is 5.21. The Kier molecular flexibility index (Phi) is 10.5. The van der Waals surface area contributed by atoms with Gasteiger partial charge in [-0.05, 0) is 30.7 Å². The van der Waals surface area contributed by atoms with E-state index in [0.717, 1.165) is 17.4 Å². The molecule has 0 unspecified atom stereocenters. The van der Waals surface area contributed by atoms with Crippen LogP contribution in [0.25, 0.3) is 0 Å². The van der Waals surface area contributed by atoms with E-state index in [2.05, 4.69) is 0 Å². The van der Waals surface area contributed by atoms with Crippen LogP contribution in [0, 0.1) is 0 Å². The molecule has 0 fully saturated rings. The summed E-state index contributed by atoms with van der Waals surface area (Å²) in [6, 6.07) is 7.52. The molecule has 7 nitrogen and oxygen atoms in total. The van der Waals surface area contributed by atoms with Crippen molar-refractivity contribution in [1.29, 1.82) is 0 Å². The molecule has 1 rings (SSSR count). The quantitative estimate of drug-likeness (QED) is 0.330. The van der Waals surface area contributed by atoms with Gasteiger partial charge in [-0.25, -0.2) is 4.79 Å². The van der Waals surface area contributed by atoms with Gasteiger partial charge in [-0.15, -0.1) is 0 Å². The summed E-state index contributed by atoms with van der Waals surface area (Å²) in [4.78, 5) is 10.7. The van der Waals surface area contributed by atoms with Crippen molar-refractivity contribution in [2.24, 2.45) is 0 Å². The predicted octanol–water partition coefficient (Wildman–Crippen LogP) is 2.25. The maximum absolute atomic E-state index is 10.7. The minimum absolute atomic E-state index is 0.0220. The highest BCUT2D eigenvalue weighted by Gasteiger charge is 2.16. The number of carboxylic acids is 1. The molecule has 0 amide bonds. The summed E-state index contributed by atoms with van der Waals surface area (Å²) in [5.41, 5.74) is 0.977. The first-order chi connectivity index (χ1) is 12.1. The Morgan fingerprint density at radius 1 is 1.16 bits per heavy atom. The van der Waals surface area contributed by atoms with Crippen LogP contribution in [0.2, 0.25) is 0 Å². The van der Waals surface area contributed by atoms with Crippen molar-refractivity contribution in [3.05, 3.63) is 42.0 Å². The van der Waals surface area contributed by atoms with Crippen molar-refractivity contribution in [3.8, 4) is 5.75 Å². The van der Waals surface area contributed by atoms with Gasteiger partial charge < -0.3 is 28.8 Å². The van der Waals surface area contributed by atoms with Crippen molar-refractivity contribution >= 4 is 5.97 Å². The van der Waals surface area contributed by atoms with Crippen molar-refractivity contribution in [1.82, 2.24) is 0 Å². The maximum Gasteiger partial charge on any atom is 0.328 e. The minimum Gasteiger partial charge on any atom is -0.497 e. The van der Waals surface area contributed by atoms with Gasteiger partial charge in [-0.2, -0.15) is 0 Å². The molecular weight excluding hydrogens is 328 g/mol. The van der Waals surface area contributed by atoms with E-state index in [0.29, 0.717) is 19.8 Å². The third kappa shape index (κ3) is 9.21. The van der Waals surface area contributed by atoms with Crippen LogP contribution in [-0.4, -0.2) is 57.5 Å². The molecule has 0 aliphatic heterocycles. The molecule has 0 aromatic heterocycles. The van der Waals surface area contributed by atoms with Gasteiger partial charge in [-0.1, -0.05) is 12.1 Å². The lowest BCUT2D eigenvalue weighted by atomic mass is 10.2. The van der Waals surface area contributed by atoms with Crippen molar-refractivity contribution in [3.63, 3.8) is 0 Å². The normalized spacial score (nSPS) is 13.7. The fourth-order valence-electron chi connectivity index (χ4n) is 1.90. The third-order valence-electron chi connectivity index (χ3n) is 3.34. The first-order valence-corrected chi connectivity index (χ1v) is 7.90. The van der Waals surface area contributed by atoms with Crippen molar-refractivity contribution in [2.45, 2.75) is 25.7 Å². The van der Waals surface area contributed by atoms with Gasteiger partial charge in [0.05, 0.1) is 33.0 Å². The number of carboxylic acid groups (broad SMARTS) is 1. The molecule has 25 heavy (non-hydrogen) atoms. The summed E-state index contributed by atoms with van der Waals surface area (Å²) in [7, 11) is 3.19. The first-order valence-electron chi connectivity index (χ1n) is 7.90. The largest absolute Gasteiger partial charge is 0.497 e. The van der Waals surface area contributed by atoms with Gasteiger partial charge in [-0.3, -0.25) is 0 Å². The van der Waals surface area contributed by atoms with Crippen LogP contribution >= 0.6 is 0 Å². The molecule has 1 aromatic rings. The zero-order valence-corrected chi connectivity index (χ0v) is 14.8. The molecule has 7 heteroatoms. The fraction of sp³-hybridized carbons (Fsp3) is 0.500. The van der Waals surface area contributed by atoms with Gasteiger partial charge >= 0.3 is 5.97 Å². The van der Waals surface area contributed by atoms with Crippen LogP contribution < -0.4 is 4.74 Å². The van der Waals surface area contributed by atoms with Crippen LogP contribution in [0.1, 0.15) is 12.5 Å². The average molecular weight is 354 g/mol. The van der Waals surface area contributed by atoms with Gasteiger partial charge in [0.2, 0.25) is 0 Å². The van der Waals surface area contributed by atoms with Crippen LogP contribution in [0.15, 0.2) is 36.4 Å².